The lowest BCUT2D eigenvalue weighted by Crippen LogP contribution is -2.36. The zero-order valence-electron chi connectivity index (χ0n) is 10.3. The Kier molecular flexibility index (Phi) is 3.74. The molecule has 1 N–H and O–H groups in total. The number of rotatable bonds is 4. The maximum absolute atomic E-state index is 12.0. The van der Waals surface area contributed by atoms with Gasteiger partial charge in [0.25, 0.3) is 5.91 Å². The van der Waals surface area contributed by atoms with E-state index in [2.05, 4.69) is 10.1 Å². The Morgan fingerprint density at radius 2 is 2.32 bits per heavy atom. The number of nitrogens with zero attached hydrogens (tertiary/aromatic N) is 3. The lowest BCUT2D eigenvalue weighted by molar-refractivity contribution is -0.141. The van der Waals surface area contributed by atoms with Crippen LogP contribution in [-0.2, 0) is 21.0 Å². The number of pyridine rings is 1. The number of amides is 1. The molecule has 1 aromatic heterocycles. The van der Waals surface area contributed by atoms with Gasteiger partial charge in [-0.05, 0) is 12.1 Å². The predicted octanol–water partition coefficient (Wildman–Crippen LogP) is 0.270. The van der Waals surface area contributed by atoms with Gasteiger partial charge in [-0.3, -0.25) is 9.78 Å². The standard InChI is InChI=1S/C12H13N3O4/c1-15(7-8-4-2-3-5-13-8)11(16)10-6-9(12(17)18)14-19-10/h2-5,10H,6-7H2,1H3,(H,17,18). The lowest BCUT2D eigenvalue weighted by Gasteiger charge is -2.19. The Balaban J connectivity index is 1.92. The van der Waals surface area contributed by atoms with E-state index in [1.165, 1.54) is 4.90 Å². The summed E-state index contributed by atoms with van der Waals surface area (Å²) in [6, 6.07) is 5.43. The van der Waals surface area contributed by atoms with Crippen LogP contribution in [0.4, 0.5) is 0 Å². The largest absolute Gasteiger partial charge is 0.477 e. The number of likely N-dealkylation sites (N-methyl/N-ethyl adjacent to an activating group) is 1. The second kappa shape index (κ2) is 5.47. The molecular formula is C12H13N3O4. The van der Waals surface area contributed by atoms with Gasteiger partial charge in [0.05, 0.1) is 12.2 Å². The summed E-state index contributed by atoms with van der Waals surface area (Å²) in [5.74, 6) is -1.48. The van der Waals surface area contributed by atoms with Crippen LogP contribution in [0, 0.1) is 0 Å². The molecule has 2 rings (SSSR count). The maximum atomic E-state index is 12.0. The number of hydrogen-bond donors (Lipinski definition) is 1. The van der Waals surface area contributed by atoms with Gasteiger partial charge in [0, 0.05) is 19.7 Å². The van der Waals surface area contributed by atoms with Gasteiger partial charge in [0.1, 0.15) is 0 Å². The average Bonchev–Trinajstić information content (AvgIpc) is 2.88. The summed E-state index contributed by atoms with van der Waals surface area (Å²) >= 11 is 0. The van der Waals surface area contributed by atoms with E-state index in [1.807, 2.05) is 6.07 Å². The molecule has 19 heavy (non-hydrogen) atoms. The van der Waals surface area contributed by atoms with Crippen molar-refractivity contribution >= 4 is 17.6 Å². The highest BCUT2D eigenvalue weighted by Gasteiger charge is 2.33. The van der Waals surface area contributed by atoms with E-state index in [4.69, 9.17) is 9.94 Å². The average molecular weight is 263 g/mol. The van der Waals surface area contributed by atoms with Gasteiger partial charge >= 0.3 is 5.97 Å². The molecule has 0 saturated carbocycles. The smallest absolute Gasteiger partial charge is 0.353 e. The number of carbonyl (C=O) groups excluding carboxylic acids is 1. The fourth-order valence-electron chi connectivity index (χ4n) is 1.69. The Morgan fingerprint density at radius 1 is 1.53 bits per heavy atom. The topological polar surface area (TPSA) is 92.1 Å². The fraction of sp³-hybridized carbons (Fsp3) is 0.333. The van der Waals surface area contributed by atoms with Crippen molar-refractivity contribution in [3.63, 3.8) is 0 Å². The fourth-order valence-corrected chi connectivity index (χ4v) is 1.69. The second-order valence-corrected chi connectivity index (χ2v) is 4.16. The molecule has 0 aliphatic carbocycles. The van der Waals surface area contributed by atoms with E-state index in [0.717, 1.165) is 5.69 Å². The van der Waals surface area contributed by atoms with E-state index < -0.39 is 12.1 Å². The van der Waals surface area contributed by atoms with Crippen molar-refractivity contribution in [2.24, 2.45) is 5.16 Å². The minimum atomic E-state index is -1.16. The van der Waals surface area contributed by atoms with Crippen LogP contribution in [0.5, 0.6) is 0 Å². The van der Waals surface area contributed by atoms with Gasteiger partial charge in [0.15, 0.2) is 5.71 Å². The van der Waals surface area contributed by atoms with Gasteiger partial charge in [-0.25, -0.2) is 4.79 Å². The van der Waals surface area contributed by atoms with Crippen LogP contribution in [0.25, 0.3) is 0 Å². The molecule has 7 nitrogen and oxygen atoms in total. The first-order valence-electron chi connectivity index (χ1n) is 5.69. The second-order valence-electron chi connectivity index (χ2n) is 4.16. The highest BCUT2D eigenvalue weighted by molar-refractivity contribution is 6.36. The summed E-state index contributed by atoms with van der Waals surface area (Å²) in [5.41, 5.74) is 0.611. The van der Waals surface area contributed by atoms with Crippen LogP contribution in [0.1, 0.15) is 12.1 Å². The predicted molar refractivity (Wildman–Crippen MR) is 65.3 cm³/mol. The van der Waals surface area contributed by atoms with Crippen molar-refractivity contribution < 1.29 is 19.5 Å². The molecule has 1 amide bonds. The number of aromatic nitrogens is 1. The zero-order chi connectivity index (χ0) is 13.8. The van der Waals surface area contributed by atoms with Crippen molar-refractivity contribution in [3.8, 4) is 0 Å². The number of aliphatic carboxylic acids is 1. The summed E-state index contributed by atoms with van der Waals surface area (Å²) < 4.78 is 0. The Labute approximate surface area is 109 Å². The first-order chi connectivity index (χ1) is 9.08. The number of oxime groups is 1. The molecular weight excluding hydrogens is 250 g/mol. The molecule has 1 aliphatic rings. The first-order valence-corrected chi connectivity index (χ1v) is 5.69. The molecule has 1 unspecified atom stereocenters. The van der Waals surface area contributed by atoms with Crippen LogP contribution in [-0.4, -0.2) is 45.7 Å². The normalized spacial score (nSPS) is 17.5. The third-order valence-corrected chi connectivity index (χ3v) is 2.69. The van der Waals surface area contributed by atoms with Crippen LogP contribution >= 0.6 is 0 Å². The number of carboxylic acids is 1. The Bertz CT molecular complexity index is 515. The van der Waals surface area contributed by atoms with E-state index in [1.54, 1.807) is 25.4 Å². The SMILES string of the molecule is CN(Cc1ccccn1)C(=O)C1CC(C(=O)O)=NO1. The number of carbonyl (C=O) groups is 2. The number of hydrogen-bond acceptors (Lipinski definition) is 5. The molecule has 1 aliphatic heterocycles. The molecule has 0 fully saturated rings. The van der Waals surface area contributed by atoms with Gasteiger partial charge in [-0.1, -0.05) is 11.2 Å². The molecule has 2 heterocycles. The molecule has 0 radical (unpaired) electrons. The van der Waals surface area contributed by atoms with Crippen LogP contribution in [0.2, 0.25) is 0 Å². The Hall–Kier alpha value is -2.44. The minimum Gasteiger partial charge on any atom is -0.477 e. The quantitative estimate of drug-likeness (QED) is 0.841. The van der Waals surface area contributed by atoms with Gasteiger partial charge in [-0.15, -0.1) is 0 Å². The van der Waals surface area contributed by atoms with E-state index in [0.29, 0.717) is 6.54 Å². The third kappa shape index (κ3) is 3.06. The van der Waals surface area contributed by atoms with Crippen molar-refractivity contribution in [2.45, 2.75) is 19.1 Å². The van der Waals surface area contributed by atoms with Crippen molar-refractivity contribution in [3.05, 3.63) is 30.1 Å². The summed E-state index contributed by atoms with van der Waals surface area (Å²) in [6.07, 6.45) is 0.770. The molecule has 7 heteroatoms. The van der Waals surface area contributed by atoms with Crippen LogP contribution < -0.4 is 0 Å². The van der Waals surface area contributed by atoms with Crippen molar-refractivity contribution in [2.75, 3.05) is 7.05 Å². The summed E-state index contributed by atoms with van der Waals surface area (Å²) in [6.45, 7) is 0.335. The number of carboxylic acid groups (broad SMARTS) is 1. The van der Waals surface area contributed by atoms with E-state index in [9.17, 15) is 9.59 Å². The first kappa shape index (κ1) is 13.0. The van der Waals surface area contributed by atoms with Gasteiger partial charge < -0.3 is 14.8 Å². The molecule has 0 saturated heterocycles. The van der Waals surface area contributed by atoms with Gasteiger partial charge in [-0.2, -0.15) is 0 Å². The summed E-state index contributed by atoms with van der Waals surface area (Å²) in [5, 5.41) is 12.1. The highest BCUT2D eigenvalue weighted by atomic mass is 16.6. The molecule has 100 valence electrons. The molecule has 1 aromatic rings. The highest BCUT2D eigenvalue weighted by Crippen LogP contribution is 2.14. The Morgan fingerprint density at radius 3 is 2.89 bits per heavy atom. The monoisotopic (exact) mass is 263 g/mol. The summed E-state index contributed by atoms with van der Waals surface area (Å²) in [7, 11) is 1.61. The van der Waals surface area contributed by atoms with E-state index in [-0.39, 0.29) is 18.0 Å². The summed E-state index contributed by atoms with van der Waals surface area (Å²) in [4.78, 5) is 33.1. The molecule has 1 atom stereocenters. The molecule has 0 bridgehead atoms. The van der Waals surface area contributed by atoms with Crippen LogP contribution in [0.15, 0.2) is 29.6 Å². The zero-order valence-corrected chi connectivity index (χ0v) is 10.3. The minimum absolute atomic E-state index is 0.0132. The lowest BCUT2D eigenvalue weighted by atomic mass is 10.1. The molecule has 0 aromatic carbocycles. The van der Waals surface area contributed by atoms with Crippen LogP contribution in [0.3, 0.4) is 0 Å². The van der Waals surface area contributed by atoms with Gasteiger partial charge in [0.2, 0.25) is 6.10 Å². The van der Waals surface area contributed by atoms with Crippen molar-refractivity contribution in [1.82, 2.24) is 9.88 Å². The van der Waals surface area contributed by atoms with E-state index >= 15 is 0 Å². The third-order valence-electron chi connectivity index (χ3n) is 2.69. The van der Waals surface area contributed by atoms with Crippen molar-refractivity contribution in [1.29, 1.82) is 0 Å². The molecule has 0 spiro atoms. The maximum Gasteiger partial charge on any atom is 0.353 e.